The first-order valence-corrected chi connectivity index (χ1v) is 6.47. The van der Waals surface area contributed by atoms with Crippen molar-refractivity contribution in [3.63, 3.8) is 0 Å². The second-order valence-electron chi connectivity index (χ2n) is 4.90. The average Bonchev–Trinajstić information content (AvgIpc) is 2.98. The molecule has 2 aromatic heterocycles. The van der Waals surface area contributed by atoms with Crippen LogP contribution in [0.2, 0.25) is 0 Å². The zero-order chi connectivity index (χ0) is 12.4. The van der Waals surface area contributed by atoms with Crippen LogP contribution >= 0.6 is 0 Å². The van der Waals surface area contributed by atoms with E-state index in [1.54, 1.807) is 10.8 Å². The van der Waals surface area contributed by atoms with Gasteiger partial charge in [0.15, 0.2) is 5.65 Å². The molecule has 3 heterocycles. The van der Waals surface area contributed by atoms with Crippen LogP contribution in [0, 0.1) is 12.8 Å². The third-order valence-electron chi connectivity index (χ3n) is 3.43. The molecule has 2 aromatic rings. The van der Waals surface area contributed by atoms with Gasteiger partial charge >= 0.3 is 0 Å². The molecule has 1 aliphatic rings. The number of aromatic nitrogens is 3. The Hall–Kier alpha value is -1.62. The van der Waals surface area contributed by atoms with Gasteiger partial charge in [-0.3, -0.25) is 0 Å². The minimum absolute atomic E-state index is 0.741. The number of nitrogens with zero attached hydrogens (tertiary/aromatic N) is 3. The number of nitrogens with one attached hydrogen (secondary N) is 1. The van der Waals surface area contributed by atoms with Crippen molar-refractivity contribution in [2.24, 2.45) is 5.92 Å². The van der Waals surface area contributed by atoms with Gasteiger partial charge in [0.25, 0.3) is 0 Å². The monoisotopic (exact) mass is 246 g/mol. The summed E-state index contributed by atoms with van der Waals surface area (Å²) in [4.78, 5) is 4.19. The first kappa shape index (κ1) is 11.5. The maximum Gasteiger partial charge on any atom is 0.216 e. The zero-order valence-corrected chi connectivity index (χ0v) is 10.6. The van der Waals surface area contributed by atoms with Crippen LogP contribution in [-0.4, -0.2) is 34.3 Å². The van der Waals surface area contributed by atoms with Crippen LogP contribution in [0.15, 0.2) is 18.5 Å². The lowest BCUT2D eigenvalue weighted by Crippen LogP contribution is -2.12. The van der Waals surface area contributed by atoms with Crippen LogP contribution in [0.5, 0.6) is 5.88 Å². The Morgan fingerprint density at radius 1 is 1.50 bits per heavy atom. The molecular weight excluding hydrogens is 228 g/mol. The van der Waals surface area contributed by atoms with E-state index in [2.05, 4.69) is 15.4 Å². The highest BCUT2D eigenvalue weighted by molar-refractivity contribution is 5.43. The topological polar surface area (TPSA) is 51.5 Å². The van der Waals surface area contributed by atoms with Gasteiger partial charge in [-0.15, -0.1) is 0 Å². The van der Waals surface area contributed by atoms with Gasteiger partial charge in [0.05, 0.1) is 6.61 Å². The number of fused-ring (bicyclic) bond motifs is 1. The lowest BCUT2D eigenvalue weighted by atomic mass is 10.1. The number of aryl methyl sites for hydroxylation is 1. The van der Waals surface area contributed by atoms with Crippen molar-refractivity contribution in [3.05, 3.63) is 24.0 Å². The smallest absolute Gasteiger partial charge is 0.216 e. The Morgan fingerprint density at radius 2 is 2.44 bits per heavy atom. The summed E-state index contributed by atoms with van der Waals surface area (Å²) in [6.45, 7) is 5.05. The molecule has 0 bridgehead atoms. The van der Waals surface area contributed by atoms with Gasteiger partial charge in [0.1, 0.15) is 6.33 Å². The van der Waals surface area contributed by atoms with Gasteiger partial charge in [-0.25, -0.2) is 4.98 Å². The van der Waals surface area contributed by atoms with Crippen molar-refractivity contribution in [1.29, 1.82) is 0 Å². The van der Waals surface area contributed by atoms with Crippen LogP contribution < -0.4 is 10.1 Å². The van der Waals surface area contributed by atoms with Crippen molar-refractivity contribution < 1.29 is 4.74 Å². The minimum Gasteiger partial charge on any atom is -0.478 e. The molecule has 1 fully saturated rings. The molecule has 1 unspecified atom stereocenters. The number of hydrogen-bond donors (Lipinski definition) is 1. The zero-order valence-electron chi connectivity index (χ0n) is 10.6. The summed E-state index contributed by atoms with van der Waals surface area (Å²) in [6.07, 6.45) is 3.91. The molecule has 0 aromatic carbocycles. The minimum atomic E-state index is 0.741. The molecule has 5 nitrogen and oxygen atoms in total. The Morgan fingerprint density at radius 3 is 3.28 bits per heavy atom. The average molecular weight is 246 g/mol. The van der Waals surface area contributed by atoms with E-state index in [0.717, 1.165) is 49.1 Å². The van der Waals surface area contributed by atoms with Crippen LogP contribution in [0.25, 0.3) is 5.65 Å². The normalized spacial score (nSPS) is 19.5. The molecule has 5 heteroatoms. The molecule has 0 radical (unpaired) electrons. The Bertz CT molecular complexity index is 531. The predicted molar refractivity (Wildman–Crippen MR) is 68.8 cm³/mol. The second kappa shape index (κ2) is 4.94. The van der Waals surface area contributed by atoms with Crippen LogP contribution in [-0.2, 0) is 0 Å². The summed E-state index contributed by atoms with van der Waals surface area (Å²) in [7, 11) is 0. The molecule has 1 aliphatic heterocycles. The van der Waals surface area contributed by atoms with E-state index in [0.29, 0.717) is 0 Å². The van der Waals surface area contributed by atoms with Crippen molar-refractivity contribution in [2.75, 3.05) is 19.7 Å². The second-order valence-corrected chi connectivity index (χ2v) is 4.90. The summed E-state index contributed by atoms with van der Waals surface area (Å²) >= 11 is 0. The molecule has 0 aliphatic carbocycles. The molecule has 18 heavy (non-hydrogen) atoms. The highest BCUT2D eigenvalue weighted by Crippen LogP contribution is 2.17. The quantitative estimate of drug-likeness (QED) is 0.886. The summed E-state index contributed by atoms with van der Waals surface area (Å²) in [5.41, 5.74) is 1.99. The van der Waals surface area contributed by atoms with Crippen molar-refractivity contribution in [2.45, 2.75) is 19.8 Å². The van der Waals surface area contributed by atoms with Crippen LogP contribution in [0.4, 0.5) is 0 Å². The predicted octanol–water partition coefficient (Wildman–Crippen LogP) is 1.42. The number of hydrogen-bond acceptors (Lipinski definition) is 4. The molecular formula is C13H18N4O. The molecule has 1 atom stereocenters. The fourth-order valence-corrected chi connectivity index (χ4v) is 2.41. The SMILES string of the molecule is Cc1cc(OCCC2CCNC2)n2ncnc2c1. The maximum atomic E-state index is 5.85. The van der Waals surface area contributed by atoms with E-state index in [-0.39, 0.29) is 0 Å². The first-order valence-electron chi connectivity index (χ1n) is 6.47. The molecule has 0 spiro atoms. The summed E-state index contributed by atoms with van der Waals surface area (Å²) in [5.74, 6) is 1.54. The highest BCUT2D eigenvalue weighted by Gasteiger charge is 2.14. The molecule has 96 valence electrons. The van der Waals surface area contributed by atoms with E-state index < -0.39 is 0 Å². The van der Waals surface area contributed by atoms with Crippen molar-refractivity contribution in [1.82, 2.24) is 19.9 Å². The van der Waals surface area contributed by atoms with E-state index >= 15 is 0 Å². The number of pyridine rings is 1. The Balaban J connectivity index is 1.67. The summed E-state index contributed by atoms with van der Waals surface area (Å²) < 4.78 is 7.60. The molecule has 0 amide bonds. The lowest BCUT2D eigenvalue weighted by Gasteiger charge is -2.11. The highest BCUT2D eigenvalue weighted by atomic mass is 16.5. The number of rotatable bonds is 4. The Kier molecular flexibility index (Phi) is 3.15. The fourth-order valence-electron chi connectivity index (χ4n) is 2.41. The summed E-state index contributed by atoms with van der Waals surface area (Å²) in [5, 5.41) is 7.55. The van der Waals surface area contributed by atoms with Gasteiger partial charge in [0, 0.05) is 6.07 Å². The van der Waals surface area contributed by atoms with E-state index in [9.17, 15) is 0 Å². The fraction of sp³-hybridized carbons (Fsp3) is 0.538. The van der Waals surface area contributed by atoms with Crippen molar-refractivity contribution in [3.8, 4) is 5.88 Å². The lowest BCUT2D eigenvalue weighted by molar-refractivity contribution is 0.268. The largest absolute Gasteiger partial charge is 0.478 e. The van der Waals surface area contributed by atoms with E-state index in [1.165, 1.54) is 6.42 Å². The van der Waals surface area contributed by atoms with E-state index in [1.807, 2.05) is 19.1 Å². The molecule has 3 rings (SSSR count). The van der Waals surface area contributed by atoms with Gasteiger partial charge < -0.3 is 10.1 Å². The third kappa shape index (κ3) is 2.31. The molecule has 0 saturated carbocycles. The van der Waals surface area contributed by atoms with Gasteiger partial charge in [-0.05, 0) is 50.4 Å². The maximum absolute atomic E-state index is 5.85. The third-order valence-corrected chi connectivity index (χ3v) is 3.43. The van der Waals surface area contributed by atoms with Gasteiger partial charge in [-0.1, -0.05) is 0 Å². The number of ether oxygens (including phenoxy) is 1. The summed E-state index contributed by atoms with van der Waals surface area (Å²) in [6, 6.07) is 4.01. The molecule has 1 saturated heterocycles. The van der Waals surface area contributed by atoms with Crippen LogP contribution in [0.1, 0.15) is 18.4 Å². The van der Waals surface area contributed by atoms with Crippen LogP contribution in [0.3, 0.4) is 0 Å². The van der Waals surface area contributed by atoms with Gasteiger partial charge in [0.2, 0.25) is 5.88 Å². The standard InChI is InChI=1S/C13H18N4O/c1-10-6-12-15-9-16-17(12)13(7-10)18-5-3-11-2-4-14-8-11/h6-7,9,11,14H,2-5,8H2,1H3. The van der Waals surface area contributed by atoms with Crippen molar-refractivity contribution >= 4 is 5.65 Å². The van der Waals surface area contributed by atoms with E-state index in [4.69, 9.17) is 4.74 Å². The Labute approximate surface area is 106 Å². The first-order chi connectivity index (χ1) is 8.83. The molecule has 1 N–H and O–H groups in total. The van der Waals surface area contributed by atoms with Gasteiger partial charge in [-0.2, -0.15) is 9.61 Å².